The van der Waals surface area contributed by atoms with Crippen LogP contribution in [0.1, 0.15) is 40.5 Å². The van der Waals surface area contributed by atoms with Crippen molar-refractivity contribution in [3.8, 4) is 0 Å². The molecular weight excluding hydrogens is 224 g/mol. The van der Waals surface area contributed by atoms with Crippen LogP contribution in [0.4, 0.5) is 0 Å². The summed E-state index contributed by atoms with van der Waals surface area (Å²) in [5.74, 6) is 0.768. The lowest BCUT2D eigenvalue weighted by Gasteiger charge is -2.43. The number of nitrogens with zero attached hydrogens (tertiary/aromatic N) is 2. The van der Waals surface area contributed by atoms with E-state index in [1.165, 1.54) is 0 Å². The molecule has 0 aromatic rings. The van der Waals surface area contributed by atoms with E-state index in [1.54, 1.807) is 0 Å². The first kappa shape index (κ1) is 14.0. The van der Waals surface area contributed by atoms with Crippen molar-refractivity contribution in [2.75, 3.05) is 26.7 Å². The average molecular weight is 252 g/mol. The van der Waals surface area contributed by atoms with Crippen molar-refractivity contribution in [3.05, 3.63) is 0 Å². The Labute approximate surface area is 112 Å². The molecule has 18 heavy (non-hydrogen) atoms. The van der Waals surface area contributed by atoms with Gasteiger partial charge in [0.05, 0.1) is 0 Å². The molecule has 1 saturated heterocycles. The quantitative estimate of drug-likeness (QED) is 0.751. The van der Waals surface area contributed by atoms with Crippen molar-refractivity contribution >= 4 is 5.78 Å². The molecule has 1 aliphatic heterocycles. The summed E-state index contributed by atoms with van der Waals surface area (Å²) in [4.78, 5) is 17.2. The lowest BCUT2D eigenvalue weighted by molar-refractivity contribution is -0.128. The Morgan fingerprint density at radius 1 is 1.22 bits per heavy atom. The molecule has 0 spiro atoms. The van der Waals surface area contributed by atoms with Gasteiger partial charge in [0.25, 0.3) is 0 Å². The molecule has 2 rings (SSSR count). The zero-order valence-corrected chi connectivity index (χ0v) is 12.6. The highest BCUT2D eigenvalue weighted by molar-refractivity contribution is 5.88. The molecular formula is C15H28N2O. The molecule has 3 heteroatoms. The minimum atomic E-state index is -0.0749. The molecule has 1 saturated carbocycles. The number of likely N-dealkylation sites (N-methyl/N-ethyl adjacent to an activating group) is 1. The number of rotatable bonds is 2. The summed E-state index contributed by atoms with van der Waals surface area (Å²) < 4.78 is 0. The highest BCUT2D eigenvalue weighted by Gasteiger charge is 2.41. The Kier molecular flexibility index (Phi) is 3.84. The van der Waals surface area contributed by atoms with Gasteiger partial charge >= 0.3 is 0 Å². The summed E-state index contributed by atoms with van der Waals surface area (Å²) >= 11 is 0. The average Bonchev–Trinajstić information content (AvgIpc) is 2.53. The molecule has 1 heterocycles. The van der Waals surface area contributed by atoms with Crippen LogP contribution in [0.3, 0.4) is 0 Å². The third kappa shape index (κ3) is 2.62. The Morgan fingerprint density at radius 3 is 2.22 bits per heavy atom. The van der Waals surface area contributed by atoms with Crippen LogP contribution >= 0.6 is 0 Å². The molecule has 2 aliphatic rings. The zero-order valence-electron chi connectivity index (χ0n) is 12.6. The van der Waals surface area contributed by atoms with Crippen LogP contribution in [0.15, 0.2) is 0 Å². The van der Waals surface area contributed by atoms with Crippen LogP contribution in [0, 0.1) is 11.3 Å². The van der Waals surface area contributed by atoms with Gasteiger partial charge in [-0.3, -0.25) is 14.6 Å². The molecule has 0 bridgehead atoms. The largest absolute Gasteiger partial charge is 0.300 e. The first-order chi connectivity index (χ1) is 8.31. The van der Waals surface area contributed by atoms with Gasteiger partial charge < -0.3 is 0 Å². The second-order valence-electron chi connectivity index (χ2n) is 7.07. The fourth-order valence-corrected chi connectivity index (χ4v) is 3.49. The predicted octanol–water partition coefficient (Wildman–Crippen LogP) is 2.02. The number of carbonyl (C=O) groups is 1. The number of piperazine rings is 1. The van der Waals surface area contributed by atoms with E-state index in [0.717, 1.165) is 32.5 Å². The minimum absolute atomic E-state index is 0.0749. The van der Waals surface area contributed by atoms with Crippen LogP contribution in [0.2, 0.25) is 0 Å². The highest BCUT2D eigenvalue weighted by Crippen LogP contribution is 2.38. The molecule has 0 N–H and O–H groups in total. The van der Waals surface area contributed by atoms with E-state index < -0.39 is 0 Å². The van der Waals surface area contributed by atoms with Crippen molar-refractivity contribution < 1.29 is 4.79 Å². The molecule has 3 atom stereocenters. The Bertz CT molecular complexity index is 314. The standard InChI is InChI=1S/C15H28N2O/c1-11-8-17(9-12(2)16(11)5)10-13-6-7-15(3,4)14(13)18/h11-13H,6-10H2,1-5H3. The van der Waals surface area contributed by atoms with Crippen LogP contribution in [0.25, 0.3) is 0 Å². The Balaban J connectivity index is 1.93. The first-order valence-corrected chi connectivity index (χ1v) is 7.30. The molecule has 0 aromatic heterocycles. The van der Waals surface area contributed by atoms with E-state index in [-0.39, 0.29) is 11.3 Å². The lowest BCUT2D eigenvalue weighted by atomic mass is 9.89. The van der Waals surface area contributed by atoms with E-state index in [1.807, 2.05) is 0 Å². The molecule has 3 nitrogen and oxygen atoms in total. The summed E-state index contributed by atoms with van der Waals surface area (Å²) in [6.45, 7) is 11.9. The third-order valence-electron chi connectivity index (χ3n) is 5.07. The third-order valence-corrected chi connectivity index (χ3v) is 5.07. The SMILES string of the molecule is CC1CN(CC2CCC(C)(C)C2=O)CC(C)N1C. The fraction of sp³-hybridized carbons (Fsp3) is 0.933. The molecule has 1 aliphatic carbocycles. The summed E-state index contributed by atoms with van der Waals surface area (Å²) in [5, 5.41) is 0. The van der Waals surface area contributed by atoms with Gasteiger partial charge in [0, 0.05) is 43.1 Å². The summed E-state index contributed by atoms with van der Waals surface area (Å²) in [6, 6.07) is 1.19. The van der Waals surface area contributed by atoms with Crippen molar-refractivity contribution in [3.63, 3.8) is 0 Å². The number of carbonyl (C=O) groups excluding carboxylic acids is 1. The van der Waals surface area contributed by atoms with E-state index in [4.69, 9.17) is 0 Å². The number of ketones is 1. The van der Waals surface area contributed by atoms with Gasteiger partial charge in [-0.1, -0.05) is 13.8 Å². The van der Waals surface area contributed by atoms with Gasteiger partial charge in [-0.05, 0) is 33.7 Å². The smallest absolute Gasteiger partial charge is 0.142 e. The molecule has 0 radical (unpaired) electrons. The maximum Gasteiger partial charge on any atom is 0.142 e. The van der Waals surface area contributed by atoms with Crippen LogP contribution < -0.4 is 0 Å². The lowest BCUT2D eigenvalue weighted by Crippen LogP contribution is -2.55. The van der Waals surface area contributed by atoms with Crippen LogP contribution in [0.5, 0.6) is 0 Å². The zero-order chi connectivity index (χ0) is 13.5. The van der Waals surface area contributed by atoms with Crippen molar-refractivity contribution in [1.29, 1.82) is 0 Å². The van der Waals surface area contributed by atoms with Gasteiger partial charge in [0.2, 0.25) is 0 Å². The number of hydrogen-bond acceptors (Lipinski definition) is 3. The second kappa shape index (κ2) is 4.93. The monoisotopic (exact) mass is 252 g/mol. The van der Waals surface area contributed by atoms with Gasteiger partial charge in [-0.25, -0.2) is 0 Å². The van der Waals surface area contributed by atoms with Gasteiger partial charge in [0.15, 0.2) is 0 Å². The summed E-state index contributed by atoms with van der Waals surface area (Å²) in [5.41, 5.74) is -0.0749. The molecule has 0 aromatic carbocycles. The molecule has 0 amide bonds. The minimum Gasteiger partial charge on any atom is -0.300 e. The Morgan fingerprint density at radius 2 is 1.78 bits per heavy atom. The number of hydrogen-bond donors (Lipinski definition) is 0. The molecule has 3 unspecified atom stereocenters. The summed E-state index contributed by atoms with van der Waals surface area (Å²) in [7, 11) is 2.20. The molecule has 104 valence electrons. The van der Waals surface area contributed by atoms with Crippen molar-refractivity contribution in [1.82, 2.24) is 9.80 Å². The van der Waals surface area contributed by atoms with E-state index in [0.29, 0.717) is 17.9 Å². The summed E-state index contributed by atoms with van der Waals surface area (Å²) in [6.07, 6.45) is 2.15. The topological polar surface area (TPSA) is 23.6 Å². The normalized spacial score (nSPS) is 38.3. The maximum absolute atomic E-state index is 12.3. The number of Topliss-reactive ketones (excluding diaryl/α,β-unsaturated/α-hetero) is 1. The van der Waals surface area contributed by atoms with Crippen molar-refractivity contribution in [2.45, 2.75) is 52.6 Å². The fourth-order valence-electron chi connectivity index (χ4n) is 3.49. The van der Waals surface area contributed by atoms with Crippen molar-refractivity contribution in [2.24, 2.45) is 11.3 Å². The van der Waals surface area contributed by atoms with Gasteiger partial charge in [-0.15, -0.1) is 0 Å². The molecule has 2 fully saturated rings. The van der Waals surface area contributed by atoms with Crippen LogP contribution in [-0.2, 0) is 4.79 Å². The van der Waals surface area contributed by atoms with Gasteiger partial charge in [0.1, 0.15) is 5.78 Å². The predicted molar refractivity (Wildman–Crippen MR) is 74.6 cm³/mol. The van der Waals surface area contributed by atoms with Gasteiger partial charge in [-0.2, -0.15) is 0 Å². The first-order valence-electron chi connectivity index (χ1n) is 7.30. The second-order valence-corrected chi connectivity index (χ2v) is 7.07. The van der Waals surface area contributed by atoms with Crippen LogP contribution in [-0.4, -0.2) is 54.3 Å². The highest BCUT2D eigenvalue weighted by atomic mass is 16.1. The van der Waals surface area contributed by atoms with E-state index >= 15 is 0 Å². The van der Waals surface area contributed by atoms with E-state index in [2.05, 4.69) is 44.5 Å². The van der Waals surface area contributed by atoms with E-state index in [9.17, 15) is 4.79 Å². The Hall–Kier alpha value is -0.410. The maximum atomic E-state index is 12.3.